The molecular weight excluding hydrogens is 248 g/mol. The number of hydrogen-bond donors (Lipinski definition) is 2. The molecule has 96 valence electrons. The normalized spacial score (nSPS) is 10.5. The SMILES string of the molecule is O=[N+]([O-])Nc1ccccc1N=Nc1ccccc1O. The van der Waals surface area contributed by atoms with Gasteiger partial charge in [0.1, 0.15) is 22.8 Å². The summed E-state index contributed by atoms with van der Waals surface area (Å²) in [6, 6.07) is 12.9. The second-order valence-corrected chi connectivity index (χ2v) is 3.57. The molecule has 2 aromatic carbocycles. The largest absolute Gasteiger partial charge is 0.506 e. The first-order chi connectivity index (χ1) is 9.16. The van der Waals surface area contributed by atoms with Crippen molar-refractivity contribution >= 4 is 17.1 Å². The maximum absolute atomic E-state index is 10.4. The molecule has 7 heteroatoms. The minimum atomic E-state index is -0.672. The Morgan fingerprint density at radius 1 is 1.00 bits per heavy atom. The first-order valence-corrected chi connectivity index (χ1v) is 5.36. The Morgan fingerprint density at radius 3 is 2.26 bits per heavy atom. The molecule has 0 unspecified atom stereocenters. The molecule has 19 heavy (non-hydrogen) atoms. The van der Waals surface area contributed by atoms with Crippen LogP contribution in [-0.4, -0.2) is 10.1 Å². The highest BCUT2D eigenvalue weighted by atomic mass is 16.7. The van der Waals surface area contributed by atoms with E-state index in [0.717, 1.165) is 0 Å². The predicted octanol–water partition coefficient (Wildman–Crippen LogP) is 3.41. The molecule has 2 aromatic rings. The van der Waals surface area contributed by atoms with E-state index in [1.54, 1.807) is 36.4 Å². The first-order valence-electron chi connectivity index (χ1n) is 5.36. The molecule has 0 bridgehead atoms. The van der Waals surface area contributed by atoms with Crippen LogP contribution in [0, 0.1) is 10.1 Å². The number of hydrogen-bond acceptors (Lipinski definition) is 5. The monoisotopic (exact) mass is 258 g/mol. The highest BCUT2D eigenvalue weighted by Crippen LogP contribution is 2.30. The van der Waals surface area contributed by atoms with E-state index in [0.29, 0.717) is 11.4 Å². The highest BCUT2D eigenvalue weighted by molar-refractivity contribution is 5.64. The van der Waals surface area contributed by atoms with E-state index in [1.165, 1.54) is 12.1 Å². The summed E-state index contributed by atoms with van der Waals surface area (Å²) in [5.74, 6) is -0.00836. The van der Waals surface area contributed by atoms with Crippen molar-refractivity contribution in [2.24, 2.45) is 10.2 Å². The van der Waals surface area contributed by atoms with Gasteiger partial charge in [-0.25, -0.2) is 10.1 Å². The maximum Gasteiger partial charge on any atom is 0.162 e. The molecule has 0 spiro atoms. The third kappa shape index (κ3) is 3.25. The van der Waals surface area contributed by atoms with Crippen LogP contribution < -0.4 is 5.43 Å². The fourth-order valence-corrected chi connectivity index (χ4v) is 1.41. The minimum Gasteiger partial charge on any atom is -0.506 e. The van der Waals surface area contributed by atoms with Crippen LogP contribution >= 0.6 is 0 Å². The average molecular weight is 258 g/mol. The van der Waals surface area contributed by atoms with Crippen LogP contribution in [0.3, 0.4) is 0 Å². The van der Waals surface area contributed by atoms with Crippen molar-refractivity contribution in [1.82, 2.24) is 0 Å². The molecule has 0 aliphatic rings. The van der Waals surface area contributed by atoms with Gasteiger partial charge in [-0.2, -0.15) is 0 Å². The smallest absolute Gasteiger partial charge is 0.162 e. The maximum atomic E-state index is 10.4. The third-order valence-electron chi connectivity index (χ3n) is 2.26. The van der Waals surface area contributed by atoms with Gasteiger partial charge in [0.05, 0.1) is 0 Å². The summed E-state index contributed by atoms with van der Waals surface area (Å²) in [6.45, 7) is 0. The van der Waals surface area contributed by atoms with Gasteiger partial charge in [0.2, 0.25) is 0 Å². The molecular formula is C12H10N4O3. The predicted molar refractivity (Wildman–Crippen MR) is 69.3 cm³/mol. The van der Waals surface area contributed by atoms with Crippen LogP contribution in [0.5, 0.6) is 5.75 Å². The molecule has 7 nitrogen and oxygen atoms in total. The second kappa shape index (κ2) is 5.58. The lowest BCUT2D eigenvalue weighted by molar-refractivity contribution is -0.445. The van der Waals surface area contributed by atoms with E-state index < -0.39 is 5.03 Å². The van der Waals surface area contributed by atoms with Gasteiger partial charge < -0.3 is 5.11 Å². The summed E-state index contributed by atoms with van der Waals surface area (Å²) in [5, 5.41) is 27.0. The Kier molecular flexibility index (Phi) is 3.67. The van der Waals surface area contributed by atoms with Gasteiger partial charge in [0.15, 0.2) is 5.03 Å². The van der Waals surface area contributed by atoms with Crippen molar-refractivity contribution in [3.63, 3.8) is 0 Å². The number of nitrogens with one attached hydrogen (secondary N) is 1. The fourth-order valence-electron chi connectivity index (χ4n) is 1.41. The van der Waals surface area contributed by atoms with Crippen LogP contribution in [0.15, 0.2) is 58.8 Å². The molecule has 2 rings (SSSR count). The topological polar surface area (TPSA) is 100 Å². The standard InChI is InChI=1S/C12H10N4O3/c17-12-8-4-3-7-11(12)14-13-9-5-1-2-6-10(9)15-16(18)19/h1-8,15,17H. The van der Waals surface area contributed by atoms with E-state index in [9.17, 15) is 15.2 Å². The molecule has 0 atom stereocenters. The van der Waals surface area contributed by atoms with E-state index in [2.05, 4.69) is 10.2 Å². The van der Waals surface area contributed by atoms with Crippen molar-refractivity contribution in [1.29, 1.82) is 0 Å². The second-order valence-electron chi connectivity index (χ2n) is 3.57. The van der Waals surface area contributed by atoms with Crippen molar-refractivity contribution in [2.45, 2.75) is 0 Å². The van der Waals surface area contributed by atoms with Gasteiger partial charge in [-0.15, -0.1) is 15.7 Å². The summed E-state index contributed by atoms with van der Waals surface area (Å²) < 4.78 is 0. The summed E-state index contributed by atoms with van der Waals surface area (Å²) in [4.78, 5) is 10.4. The lowest BCUT2D eigenvalue weighted by atomic mass is 10.3. The van der Waals surface area contributed by atoms with E-state index in [-0.39, 0.29) is 11.4 Å². The molecule has 0 heterocycles. The van der Waals surface area contributed by atoms with Gasteiger partial charge in [0.25, 0.3) is 0 Å². The van der Waals surface area contributed by atoms with Gasteiger partial charge in [0, 0.05) is 0 Å². The number of azo groups is 1. The number of hydrazine groups is 1. The van der Waals surface area contributed by atoms with E-state index in [4.69, 9.17) is 0 Å². The molecule has 0 amide bonds. The fraction of sp³-hybridized carbons (Fsp3) is 0. The summed E-state index contributed by atoms with van der Waals surface area (Å²) >= 11 is 0. The quantitative estimate of drug-likeness (QED) is 0.498. The van der Waals surface area contributed by atoms with Crippen LogP contribution in [0.2, 0.25) is 0 Å². The highest BCUT2D eigenvalue weighted by Gasteiger charge is 2.05. The third-order valence-corrected chi connectivity index (χ3v) is 2.26. The van der Waals surface area contributed by atoms with Crippen LogP contribution in [0.25, 0.3) is 0 Å². The molecule has 0 aliphatic heterocycles. The number of benzene rings is 2. The van der Waals surface area contributed by atoms with Crippen molar-refractivity contribution in [3.8, 4) is 5.75 Å². The molecule has 0 saturated heterocycles. The number of rotatable bonds is 4. The van der Waals surface area contributed by atoms with Gasteiger partial charge >= 0.3 is 0 Å². The average Bonchev–Trinajstić information content (AvgIpc) is 2.39. The van der Waals surface area contributed by atoms with Crippen LogP contribution in [0.1, 0.15) is 0 Å². The Hall–Kier alpha value is -2.96. The number of anilines is 1. The molecule has 0 fully saturated rings. The van der Waals surface area contributed by atoms with Crippen LogP contribution in [-0.2, 0) is 0 Å². The van der Waals surface area contributed by atoms with Crippen molar-refractivity contribution in [3.05, 3.63) is 58.6 Å². The van der Waals surface area contributed by atoms with Crippen LogP contribution in [0.4, 0.5) is 17.1 Å². The molecule has 0 aliphatic carbocycles. The molecule has 0 aromatic heterocycles. The summed E-state index contributed by atoms with van der Waals surface area (Å²) in [7, 11) is 0. The molecule has 0 radical (unpaired) electrons. The number of nitro groups is 1. The minimum absolute atomic E-state index is 0.00836. The first kappa shape index (κ1) is 12.5. The number of nitrogens with zero attached hydrogens (tertiary/aromatic N) is 3. The van der Waals surface area contributed by atoms with Crippen molar-refractivity contribution in [2.75, 3.05) is 5.43 Å². The Bertz CT molecular complexity index is 628. The molecule has 2 N–H and O–H groups in total. The number of aromatic hydroxyl groups is 1. The lowest BCUT2D eigenvalue weighted by Crippen LogP contribution is -2.07. The zero-order chi connectivity index (χ0) is 13.7. The molecule has 0 saturated carbocycles. The Labute approximate surface area is 108 Å². The lowest BCUT2D eigenvalue weighted by Gasteiger charge is -2.01. The van der Waals surface area contributed by atoms with E-state index in [1.807, 2.05) is 5.43 Å². The van der Waals surface area contributed by atoms with Gasteiger partial charge in [-0.05, 0) is 24.3 Å². The number of phenolic OH excluding ortho intramolecular Hbond substituents is 1. The van der Waals surface area contributed by atoms with E-state index >= 15 is 0 Å². The summed E-state index contributed by atoms with van der Waals surface area (Å²) in [6.07, 6.45) is 0. The Morgan fingerprint density at radius 2 is 1.58 bits per heavy atom. The van der Waals surface area contributed by atoms with Gasteiger partial charge in [-0.3, -0.25) is 0 Å². The number of phenols is 1. The van der Waals surface area contributed by atoms with Gasteiger partial charge in [-0.1, -0.05) is 24.3 Å². The summed E-state index contributed by atoms with van der Waals surface area (Å²) in [5.41, 5.74) is 2.86. The zero-order valence-electron chi connectivity index (χ0n) is 9.72. The van der Waals surface area contributed by atoms with Crippen molar-refractivity contribution < 1.29 is 10.1 Å². The number of para-hydroxylation sites is 2. The zero-order valence-corrected chi connectivity index (χ0v) is 9.72. The Balaban J connectivity index is 2.28.